The second kappa shape index (κ2) is 4.61. The van der Waals surface area contributed by atoms with E-state index in [1.807, 2.05) is 42.1 Å². The maximum atomic E-state index is 5.77. The molecule has 3 N–H and O–H groups in total. The van der Waals surface area contributed by atoms with Gasteiger partial charge in [0.05, 0.1) is 12.1 Å². The van der Waals surface area contributed by atoms with Crippen molar-refractivity contribution in [1.29, 1.82) is 0 Å². The molecule has 2 heterocycles. The lowest BCUT2D eigenvalue weighted by atomic mass is 10.1. The van der Waals surface area contributed by atoms with E-state index in [9.17, 15) is 0 Å². The molecule has 0 amide bonds. The van der Waals surface area contributed by atoms with Crippen molar-refractivity contribution in [2.45, 2.75) is 6.54 Å². The molecule has 5 nitrogen and oxygen atoms in total. The molecule has 0 aliphatic heterocycles. The Morgan fingerprint density at radius 1 is 1.21 bits per heavy atom. The van der Waals surface area contributed by atoms with Gasteiger partial charge in [-0.15, -0.1) is 0 Å². The quantitative estimate of drug-likeness (QED) is 0.702. The molecule has 96 valence electrons. The van der Waals surface area contributed by atoms with E-state index in [4.69, 9.17) is 5.73 Å². The number of pyridine rings is 1. The maximum Gasteiger partial charge on any atom is 0.127 e. The summed E-state index contributed by atoms with van der Waals surface area (Å²) < 4.78 is 1.99. The minimum atomic E-state index is 0.674. The smallest absolute Gasteiger partial charge is 0.127 e. The predicted molar refractivity (Wildman–Crippen MR) is 76.7 cm³/mol. The zero-order valence-electron chi connectivity index (χ0n) is 10.7. The number of rotatable bonds is 3. The summed E-state index contributed by atoms with van der Waals surface area (Å²) in [4.78, 5) is 8.61. The zero-order chi connectivity index (χ0) is 13.2. The van der Waals surface area contributed by atoms with Gasteiger partial charge in [-0.2, -0.15) is 0 Å². The Morgan fingerprint density at radius 3 is 2.89 bits per heavy atom. The van der Waals surface area contributed by atoms with E-state index in [-0.39, 0.29) is 0 Å². The lowest BCUT2D eigenvalue weighted by Gasteiger charge is -2.09. The van der Waals surface area contributed by atoms with E-state index >= 15 is 0 Å². The van der Waals surface area contributed by atoms with Gasteiger partial charge < -0.3 is 15.6 Å². The molecule has 19 heavy (non-hydrogen) atoms. The first kappa shape index (κ1) is 11.5. The van der Waals surface area contributed by atoms with Crippen molar-refractivity contribution in [3.05, 3.63) is 48.7 Å². The monoisotopic (exact) mass is 253 g/mol. The van der Waals surface area contributed by atoms with Gasteiger partial charge in [-0.1, -0.05) is 0 Å². The number of nitrogens with one attached hydrogen (secondary N) is 1. The Bertz CT molecular complexity index is 717. The number of aryl methyl sites for hydroxylation is 1. The second-order valence-corrected chi connectivity index (χ2v) is 4.44. The third-order valence-corrected chi connectivity index (χ3v) is 3.12. The number of hydrogen-bond acceptors (Lipinski definition) is 4. The fourth-order valence-electron chi connectivity index (χ4n) is 2.06. The zero-order valence-corrected chi connectivity index (χ0v) is 10.7. The molecule has 3 aromatic rings. The Balaban J connectivity index is 1.91. The van der Waals surface area contributed by atoms with E-state index in [0.717, 1.165) is 28.1 Å². The highest BCUT2D eigenvalue weighted by atomic mass is 15.1. The highest BCUT2D eigenvalue weighted by Crippen LogP contribution is 2.23. The molecule has 5 heteroatoms. The summed E-state index contributed by atoms with van der Waals surface area (Å²) in [5.41, 5.74) is 8.42. The van der Waals surface area contributed by atoms with Crippen molar-refractivity contribution in [3.63, 3.8) is 0 Å². The fraction of sp³-hybridized carbons (Fsp3) is 0.143. The Hall–Kier alpha value is -2.56. The van der Waals surface area contributed by atoms with Gasteiger partial charge in [0.15, 0.2) is 0 Å². The van der Waals surface area contributed by atoms with Crippen molar-refractivity contribution in [3.8, 4) is 0 Å². The van der Waals surface area contributed by atoms with Crippen molar-refractivity contribution >= 4 is 22.3 Å². The lowest BCUT2D eigenvalue weighted by Crippen LogP contribution is -2.06. The second-order valence-electron chi connectivity index (χ2n) is 4.44. The van der Waals surface area contributed by atoms with Crippen LogP contribution in [0.3, 0.4) is 0 Å². The SMILES string of the molecule is Cn1ccnc1CNc1ccnc2cc(N)ccc12. The largest absolute Gasteiger partial charge is 0.399 e. The van der Waals surface area contributed by atoms with Crippen LogP contribution in [0.25, 0.3) is 10.9 Å². The van der Waals surface area contributed by atoms with Crippen LogP contribution in [-0.4, -0.2) is 14.5 Å². The number of aromatic nitrogens is 3. The van der Waals surface area contributed by atoms with Gasteiger partial charge in [-0.05, 0) is 24.3 Å². The molecule has 0 fully saturated rings. The third kappa shape index (κ3) is 2.22. The Morgan fingerprint density at radius 2 is 2.11 bits per heavy atom. The highest BCUT2D eigenvalue weighted by Gasteiger charge is 2.04. The summed E-state index contributed by atoms with van der Waals surface area (Å²) in [5, 5.41) is 4.45. The minimum absolute atomic E-state index is 0.674. The Labute approximate surface area is 111 Å². The fourth-order valence-corrected chi connectivity index (χ4v) is 2.06. The molecule has 0 atom stereocenters. The van der Waals surface area contributed by atoms with Crippen molar-refractivity contribution in [2.75, 3.05) is 11.1 Å². The molecule has 1 aromatic carbocycles. The molecule has 0 aliphatic rings. The molecule has 0 saturated heterocycles. The first-order valence-corrected chi connectivity index (χ1v) is 6.08. The maximum absolute atomic E-state index is 5.77. The van der Waals surface area contributed by atoms with E-state index in [0.29, 0.717) is 6.54 Å². The molecule has 0 spiro atoms. The first-order chi connectivity index (χ1) is 9.24. The van der Waals surface area contributed by atoms with Crippen LogP contribution < -0.4 is 11.1 Å². The predicted octanol–water partition coefficient (Wildman–Crippen LogP) is 2.16. The first-order valence-electron chi connectivity index (χ1n) is 6.08. The summed E-state index contributed by atoms with van der Waals surface area (Å²) in [6.07, 6.45) is 5.51. The topological polar surface area (TPSA) is 68.8 Å². The van der Waals surface area contributed by atoms with Gasteiger partial charge >= 0.3 is 0 Å². The van der Waals surface area contributed by atoms with Crippen LogP contribution in [0.15, 0.2) is 42.9 Å². The molecule has 0 unspecified atom stereocenters. The summed E-state index contributed by atoms with van der Waals surface area (Å²) in [5.74, 6) is 0.986. The van der Waals surface area contributed by atoms with Crippen LogP contribution in [-0.2, 0) is 13.6 Å². The van der Waals surface area contributed by atoms with E-state index in [1.165, 1.54) is 0 Å². The highest BCUT2D eigenvalue weighted by molar-refractivity contribution is 5.92. The van der Waals surface area contributed by atoms with Crippen molar-refractivity contribution < 1.29 is 0 Å². The van der Waals surface area contributed by atoms with Gasteiger partial charge in [0, 0.05) is 42.4 Å². The number of nitrogens with zero attached hydrogens (tertiary/aromatic N) is 3. The van der Waals surface area contributed by atoms with E-state index in [1.54, 1.807) is 12.4 Å². The van der Waals surface area contributed by atoms with Crippen LogP contribution in [0, 0.1) is 0 Å². The van der Waals surface area contributed by atoms with Crippen LogP contribution in [0.2, 0.25) is 0 Å². The number of anilines is 2. The van der Waals surface area contributed by atoms with Crippen LogP contribution >= 0.6 is 0 Å². The molecule has 2 aromatic heterocycles. The average molecular weight is 253 g/mol. The van der Waals surface area contributed by atoms with Gasteiger partial charge in [0.1, 0.15) is 5.82 Å². The van der Waals surface area contributed by atoms with Gasteiger partial charge in [0.25, 0.3) is 0 Å². The van der Waals surface area contributed by atoms with Crippen molar-refractivity contribution in [2.24, 2.45) is 7.05 Å². The van der Waals surface area contributed by atoms with E-state index < -0.39 is 0 Å². The lowest BCUT2D eigenvalue weighted by molar-refractivity contribution is 0.813. The van der Waals surface area contributed by atoms with Crippen LogP contribution in [0.4, 0.5) is 11.4 Å². The van der Waals surface area contributed by atoms with Crippen LogP contribution in [0.1, 0.15) is 5.82 Å². The normalized spacial score (nSPS) is 10.8. The molecular formula is C14H15N5. The van der Waals surface area contributed by atoms with Gasteiger partial charge in [-0.25, -0.2) is 4.98 Å². The summed E-state index contributed by atoms with van der Waals surface area (Å²) in [6.45, 7) is 0.674. The minimum Gasteiger partial charge on any atom is -0.399 e. The van der Waals surface area contributed by atoms with Crippen molar-refractivity contribution in [1.82, 2.24) is 14.5 Å². The molecule has 0 radical (unpaired) electrons. The number of fused-ring (bicyclic) bond motifs is 1. The molecule has 3 rings (SSSR count). The van der Waals surface area contributed by atoms with Gasteiger partial charge in [-0.3, -0.25) is 4.98 Å². The van der Waals surface area contributed by atoms with Crippen LogP contribution in [0.5, 0.6) is 0 Å². The van der Waals surface area contributed by atoms with Gasteiger partial charge in [0.2, 0.25) is 0 Å². The average Bonchev–Trinajstić information content (AvgIpc) is 2.81. The number of nitrogens with two attached hydrogens (primary N) is 1. The third-order valence-electron chi connectivity index (χ3n) is 3.12. The number of imidazole rings is 1. The summed E-state index contributed by atoms with van der Waals surface area (Å²) in [6, 6.07) is 7.71. The summed E-state index contributed by atoms with van der Waals surface area (Å²) in [7, 11) is 1.98. The standard InChI is InChI=1S/C14H15N5/c1-19-7-6-17-14(19)9-18-12-4-5-16-13-8-10(15)2-3-11(12)13/h2-8H,9,15H2,1H3,(H,16,18). The molecule has 0 bridgehead atoms. The number of benzene rings is 1. The summed E-state index contributed by atoms with van der Waals surface area (Å²) >= 11 is 0. The molecule has 0 saturated carbocycles. The number of hydrogen-bond donors (Lipinski definition) is 2. The Kier molecular flexibility index (Phi) is 2.79. The van der Waals surface area contributed by atoms with E-state index in [2.05, 4.69) is 15.3 Å². The number of nitrogen functional groups attached to an aromatic ring is 1. The molecule has 0 aliphatic carbocycles. The molecular weight excluding hydrogens is 238 g/mol.